The highest BCUT2D eigenvalue weighted by Gasteiger charge is 2.34. The van der Waals surface area contributed by atoms with E-state index >= 15 is 0 Å². The van der Waals surface area contributed by atoms with E-state index in [1.807, 2.05) is 0 Å². The van der Waals surface area contributed by atoms with Gasteiger partial charge < -0.3 is 5.32 Å². The summed E-state index contributed by atoms with van der Waals surface area (Å²) in [6.45, 7) is 2.24. The lowest BCUT2D eigenvalue weighted by atomic mass is 9.98. The Kier molecular flexibility index (Phi) is 3.76. The molecule has 3 nitrogen and oxygen atoms in total. The molecule has 4 rings (SSSR count). The normalized spacial score (nSPS) is 24.0. The maximum atomic E-state index is 4.39. The Bertz CT molecular complexity index is 525. The molecule has 1 aliphatic heterocycles. The second kappa shape index (κ2) is 5.00. The van der Waals surface area contributed by atoms with Crippen molar-refractivity contribution in [2.75, 3.05) is 13.1 Å². The van der Waals surface area contributed by atoms with E-state index in [1.54, 1.807) is 12.4 Å². The molecule has 18 heavy (non-hydrogen) atoms. The molecule has 1 saturated heterocycles. The lowest BCUT2D eigenvalue weighted by Gasteiger charge is -2.19. The Hall–Kier alpha value is -0.900. The second-order valence-electron chi connectivity index (χ2n) is 4.81. The van der Waals surface area contributed by atoms with Gasteiger partial charge in [-0.2, -0.15) is 0 Å². The third kappa shape index (κ3) is 1.87. The van der Waals surface area contributed by atoms with Crippen LogP contribution in [-0.4, -0.2) is 23.1 Å². The van der Waals surface area contributed by atoms with Crippen molar-refractivity contribution >= 4 is 35.8 Å². The summed E-state index contributed by atoms with van der Waals surface area (Å²) >= 11 is 0. The summed E-state index contributed by atoms with van der Waals surface area (Å²) in [4.78, 5) is 8.78. The van der Waals surface area contributed by atoms with Crippen LogP contribution >= 0.6 is 24.8 Å². The molecule has 1 aliphatic carbocycles. The summed E-state index contributed by atoms with van der Waals surface area (Å²) in [7, 11) is 0. The molecule has 0 saturated carbocycles. The smallest absolute Gasteiger partial charge is 0.0889 e. The first kappa shape index (κ1) is 13.5. The van der Waals surface area contributed by atoms with Crippen LogP contribution in [0.25, 0.3) is 11.0 Å². The molecule has 2 atom stereocenters. The molecule has 2 heterocycles. The second-order valence-corrected chi connectivity index (χ2v) is 4.81. The molecular weight excluding hydrogens is 269 g/mol. The highest BCUT2D eigenvalue weighted by molar-refractivity contribution is 5.85. The third-order valence-electron chi connectivity index (χ3n) is 3.90. The zero-order valence-corrected chi connectivity index (χ0v) is 11.4. The van der Waals surface area contributed by atoms with Crippen LogP contribution in [0, 0.1) is 0 Å². The number of nitrogens with zero attached hydrogens (tertiary/aromatic N) is 2. The minimum Gasteiger partial charge on any atom is -0.316 e. The zero-order valence-electron chi connectivity index (χ0n) is 9.80. The number of halogens is 2. The zero-order chi connectivity index (χ0) is 10.5. The van der Waals surface area contributed by atoms with Crippen molar-refractivity contribution in [3.05, 3.63) is 35.7 Å². The van der Waals surface area contributed by atoms with Crippen molar-refractivity contribution in [1.29, 1.82) is 0 Å². The lowest BCUT2D eigenvalue weighted by Crippen LogP contribution is -2.28. The van der Waals surface area contributed by atoms with Crippen LogP contribution in [-0.2, 0) is 0 Å². The summed E-state index contributed by atoms with van der Waals surface area (Å²) < 4.78 is 0. The topological polar surface area (TPSA) is 37.8 Å². The van der Waals surface area contributed by atoms with E-state index in [9.17, 15) is 0 Å². The monoisotopic (exact) mass is 283 g/mol. The molecule has 2 unspecified atom stereocenters. The van der Waals surface area contributed by atoms with Gasteiger partial charge in [-0.1, -0.05) is 0 Å². The van der Waals surface area contributed by atoms with Gasteiger partial charge in [0, 0.05) is 25.5 Å². The average molecular weight is 284 g/mol. The quantitative estimate of drug-likeness (QED) is 0.808. The van der Waals surface area contributed by atoms with E-state index in [4.69, 9.17) is 0 Å². The molecule has 1 N–H and O–H groups in total. The van der Waals surface area contributed by atoms with E-state index in [2.05, 4.69) is 27.4 Å². The predicted molar refractivity (Wildman–Crippen MR) is 77.0 cm³/mol. The van der Waals surface area contributed by atoms with Crippen LogP contribution in [0.1, 0.15) is 29.4 Å². The Morgan fingerprint density at radius 3 is 1.89 bits per heavy atom. The SMILES string of the molecule is Cl.Cl.c1cnc2cc3c(cc2n1)C1CNCC3C1. The van der Waals surface area contributed by atoms with Gasteiger partial charge in [0.1, 0.15) is 0 Å². The molecule has 2 aromatic rings. The molecule has 5 heteroatoms. The van der Waals surface area contributed by atoms with E-state index in [1.165, 1.54) is 17.5 Å². The number of nitrogens with one attached hydrogen (secondary N) is 1. The fourth-order valence-electron chi connectivity index (χ4n) is 3.17. The molecular formula is C13H15Cl2N3. The van der Waals surface area contributed by atoms with E-state index in [0.29, 0.717) is 11.8 Å². The molecule has 1 aromatic carbocycles. The van der Waals surface area contributed by atoms with Gasteiger partial charge in [-0.3, -0.25) is 9.97 Å². The van der Waals surface area contributed by atoms with Gasteiger partial charge in [0.2, 0.25) is 0 Å². The molecule has 2 aliphatic rings. The van der Waals surface area contributed by atoms with Gasteiger partial charge in [0.25, 0.3) is 0 Å². The van der Waals surface area contributed by atoms with Crippen molar-refractivity contribution in [1.82, 2.24) is 15.3 Å². The Balaban J connectivity index is 0.000000602. The number of rotatable bonds is 0. The van der Waals surface area contributed by atoms with Crippen LogP contribution in [0.15, 0.2) is 24.5 Å². The minimum atomic E-state index is 0. The number of fused-ring (bicyclic) bond motifs is 6. The highest BCUT2D eigenvalue weighted by Crippen LogP contribution is 2.44. The molecule has 0 amide bonds. The molecule has 0 radical (unpaired) electrons. The van der Waals surface area contributed by atoms with Crippen LogP contribution in [0.2, 0.25) is 0 Å². The molecule has 96 valence electrons. The maximum Gasteiger partial charge on any atom is 0.0889 e. The Labute approximate surface area is 118 Å². The van der Waals surface area contributed by atoms with Crippen LogP contribution in [0.4, 0.5) is 0 Å². The Morgan fingerprint density at radius 1 is 0.889 bits per heavy atom. The van der Waals surface area contributed by atoms with Crippen molar-refractivity contribution < 1.29 is 0 Å². The summed E-state index contributed by atoms with van der Waals surface area (Å²) in [5.41, 5.74) is 5.08. The van der Waals surface area contributed by atoms with Crippen molar-refractivity contribution in [3.8, 4) is 0 Å². The summed E-state index contributed by atoms with van der Waals surface area (Å²) in [6.07, 6.45) is 4.85. The molecule has 2 bridgehead atoms. The number of piperidine rings is 1. The van der Waals surface area contributed by atoms with E-state index in [0.717, 1.165) is 24.1 Å². The lowest BCUT2D eigenvalue weighted by molar-refractivity contribution is 0.454. The fraction of sp³-hybridized carbons (Fsp3) is 0.385. The van der Waals surface area contributed by atoms with Gasteiger partial charge in [-0.05, 0) is 41.5 Å². The summed E-state index contributed by atoms with van der Waals surface area (Å²) in [5, 5.41) is 3.51. The molecule has 1 aromatic heterocycles. The number of hydrogen-bond acceptors (Lipinski definition) is 3. The van der Waals surface area contributed by atoms with E-state index < -0.39 is 0 Å². The standard InChI is InChI=1S/C13H13N3.2ClH/c1-2-16-13-5-11-9-3-8(6-14-7-9)10(11)4-12(13)15-1;;/h1-2,4-5,8-9,14H,3,6-7H2;2*1H. The number of benzene rings is 1. The molecule has 0 spiro atoms. The first-order valence-electron chi connectivity index (χ1n) is 5.87. The van der Waals surface area contributed by atoms with Crippen LogP contribution in [0.5, 0.6) is 0 Å². The number of aromatic nitrogens is 2. The van der Waals surface area contributed by atoms with Crippen molar-refractivity contribution in [2.24, 2.45) is 0 Å². The fourth-order valence-corrected chi connectivity index (χ4v) is 3.17. The Morgan fingerprint density at radius 2 is 1.39 bits per heavy atom. The van der Waals surface area contributed by atoms with E-state index in [-0.39, 0.29) is 24.8 Å². The van der Waals surface area contributed by atoms with Gasteiger partial charge in [0.05, 0.1) is 11.0 Å². The van der Waals surface area contributed by atoms with Gasteiger partial charge in [0.15, 0.2) is 0 Å². The van der Waals surface area contributed by atoms with Crippen molar-refractivity contribution in [2.45, 2.75) is 18.3 Å². The first-order valence-corrected chi connectivity index (χ1v) is 5.87. The highest BCUT2D eigenvalue weighted by atomic mass is 35.5. The maximum absolute atomic E-state index is 4.39. The average Bonchev–Trinajstić information content (AvgIpc) is 2.59. The van der Waals surface area contributed by atoms with Gasteiger partial charge >= 0.3 is 0 Å². The minimum absolute atomic E-state index is 0. The molecule has 1 fully saturated rings. The largest absolute Gasteiger partial charge is 0.316 e. The van der Waals surface area contributed by atoms with Gasteiger partial charge in [-0.25, -0.2) is 0 Å². The summed E-state index contributed by atoms with van der Waals surface area (Å²) in [5.74, 6) is 1.39. The first-order chi connectivity index (χ1) is 7.92. The predicted octanol–water partition coefficient (Wildman–Crippen LogP) is 2.65. The third-order valence-corrected chi connectivity index (χ3v) is 3.90. The summed E-state index contributed by atoms with van der Waals surface area (Å²) in [6, 6.07) is 4.49. The van der Waals surface area contributed by atoms with Crippen molar-refractivity contribution in [3.63, 3.8) is 0 Å². The number of hydrogen-bond donors (Lipinski definition) is 1. The van der Waals surface area contributed by atoms with Crippen LogP contribution < -0.4 is 5.32 Å². The van der Waals surface area contributed by atoms with Crippen LogP contribution in [0.3, 0.4) is 0 Å². The van der Waals surface area contributed by atoms with Gasteiger partial charge in [-0.15, -0.1) is 24.8 Å².